The van der Waals surface area contributed by atoms with Gasteiger partial charge < -0.3 is 5.73 Å². The van der Waals surface area contributed by atoms with Crippen LogP contribution in [0.15, 0.2) is 24.3 Å². The smallest absolute Gasteiger partial charge is 0.0473 e. The van der Waals surface area contributed by atoms with Gasteiger partial charge in [-0.25, -0.2) is 0 Å². The Labute approximate surface area is 109 Å². The van der Waals surface area contributed by atoms with Gasteiger partial charge in [-0.15, -0.1) is 0 Å². The third-order valence-electron chi connectivity index (χ3n) is 3.74. The molecule has 0 saturated carbocycles. The van der Waals surface area contributed by atoms with Crippen molar-refractivity contribution in [1.82, 2.24) is 4.90 Å². The second kappa shape index (κ2) is 5.89. The van der Waals surface area contributed by atoms with E-state index >= 15 is 0 Å². The van der Waals surface area contributed by atoms with Crippen LogP contribution in [0.2, 0.25) is 0 Å². The van der Waals surface area contributed by atoms with E-state index in [1.807, 2.05) is 0 Å². The summed E-state index contributed by atoms with van der Waals surface area (Å²) in [6.45, 7) is 2.87. The van der Waals surface area contributed by atoms with Gasteiger partial charge in [-0.05, 0) is 37.3 Å². The lowest BCUT2D eigenvalue weighted by atomic mass is 9.99. The van der Waals surface area contributed by atoms with Gasteiger partial charge in [0, 0.05) is 24.4 Å². The molecule has 1 aromatic carbocycles. The van der Waals surface area contributed by atoms with Crippen LogP contribution in [0, 0.1) is 6.92 Å². The number of rotatable bonds is 4. The average molecular weight is 250 g/mol. The maximum atomic E-state index is 5.99. The fraction of sp³-hybridized carbons (Fsp3) is 0.571. The highest BCUT2D eigenvalue weighted by Gasteiger charge is 2.26. The summed E-state index contributed by atoms with van der Waals surface area (Å²) < 4.78 is 0. The zero-order chi connectivity index (χ0) is 12.3. The summed E-state index contributed by atoms with van der Waals surface area (Å²) in [5.41, 5.74) is 8.73. The van der Waals surface area contributed by atoms with Gasteiger partial charge in [-0.1, -0.05) is 24.3 Å². The summed E-state index contributed by atoms with van der Waals surface area (Å²) in [5.74, 6) is 2.54. The van der Waals surface area contributed by atoms with E-state index in [0.717, 1.165) is 0 Å². The Kier molecular flexibility index (Phi) is 4.48. The standard InChI is InChI=1S/C14H22N2S/c1-11-5-3-4-6-13(11)14(9-15)16(2)12-7-8-17-10-12/h3-6,12,14H,7-10,15H2,1-2H3. The molecular formula is C14H22N2S. The van der Waals surface area contributed by atoms with Crippen LogP contribution >= 0.6 is 11.8 Å². The lowest BCUT2D eigenvalue weighted by Gasteiger charge is -2.33. The number of thioether (sulfide) groups is 1. The third-order valence-corrected chi connectivity index (χ3v) is 4.89. The van der Waals surface area contributed by atoms with Crippen LogP contribution in [-0.4, -0.2) is 36.0 Å². The summed E-state index contributed by atoms with van der Waals surface area (Å²) >= 11 is 2.06. The van der Waals surface area contributed by atoms with E-state index in [0.29, 0.717) is 18.6 Å². The van der Waals surface area contributed by atoms with Crippen molar-refractivity contribution < 1.29 is 0 Å². The lowest BCUT2D eigenvalue weighted by Crippen LogP contribution is -2.38. The van der Waals surface area contributed by atoms with Crippen molar-refractivity contribution in [2.45, 2.75) is 25.4 Å². The van der Waals surface area contributed by atoms with Gasteiger partial charge >= 0.3 is 0 Å². The number of aryl methyl sites for hydroxylation is 1. The van der Waals surface area contributed by atoms with Crippen LogP contribution in [0.3, 0.4) is 0 Å². The van der Waals surface area contributed by atoms with Gasteiger partial charge in [0.1, 0.15) is 0 Å². The molecule has 17 heavy (non-hydrogen) atoms. The summed E-state index contributed by atoms with van der Waals surface area (Å²) in [5, 5.41) is 0. The first kappa shape index (κ1) is 12.9. The Morgan fingerprint density at radius 2 is 2.24 bits per heavy atom. The normalized spacial score (nSPS) is 22.0. The summed E-state index contributed by atoms with van der Waals surface area (Å²) in [7, 11) is 2.22. The Balaban J connectivity index is 2.18. The molecule has 2 nitrogen and oxygen atoms in total. The minimum Gasteiger partial charge on any atom is -0.329 e. The van der Waals surface area contributed by atoms with Crippen molar-refractivity contribution in [2.75, 3.05) is 25.1 Å². The first-order valence-electron chi connectivity index (χ1n) is 6.29. The highest BCUT2D eigenvalue weighted by molar-refractivity contribution is 7.99. The fourth-order valence-corrected chi connectivity index (χ4v) is 3.85. The van der Waals surface area contributed by atoms with E-state index in [1.165, 1.54) is 29.1 Å². The number of nitrogens with two attached hydrogens (primary N) is 1. The molecule has 1 aromatic rings. The topological polar surface area (TPSA) is 29.3 Å². The molecule has 0 aliphatic carbocycles. The molecule has 1 aliphatic heterocycles. The molecule has 1 fully saturated rings. The first-order chi connectivity index (χ1) is 8.24. The lowest BCUT2D eigenvalue weighted by molar-refractivity contribution is 0.192. The molecule has 2 N–H and O–H groups in total. The number of nitrogens with zero attached hydrogens (tertiary/aromatic N) is 1. The number of benzene rings is 1. The summed E-state index contributed by atoms with van der Waals surface area (Å²) in [6, 6.07) is 9.65. The van der Waals surface area contributed by atoms with Crippen LogP contribution in [-0.2, 0) is 0 Å². The number of hydrogen-bond donors (Lipinski definition) is 1. The van der Waals surface area contributed by atoms with Gasteiger partial charge in [-0.3, -0.25) is 4.90 Å². The zero-order valence-corrected chi connectivity index (χ0v) is 11.5. The Hall–Kier alpha value is -0.510. The van der Waals surface area contributed by atoms with Crippen molar-refractivity contribution in [3.8, 4) is 0 Å². The maximum Gasteiger partial charge on any atom is 0.0473 e. The van der Waals surface area contributed by atoms with Crippen LogP contribution in [0.5, 0.6) is 0 Å². The first-order valence-corrected chi connectivity index (χ1v) is 7.44. The molecule has 3 heteroatoms. The summed E-state index contributed by atoms with van der Waals surface area (Å²) in [6.07, 6.45) is 1.30. The minimum atomic E-state index is 0.361. The van der Waals surface area contributed by atoms with Crippen molar-refractivity contribution in [1.29, 1.82) is 0 Å². The molecule has 0 spiro atoms. The zero-order valence-electron chi connectivity index (χ0n) is 10.7. The van der Waals surface area contributed by atoms with Crippen molar-refractivity contribution in [3.05, 3.63) is 35.4 Å². The van der Waals surface area contributed by atoms with E-state index in [1.54, 1.807) is 0 Å². The monoisotopic (exact) mass is 250 g/mol. The van der Waals surface area contributed by atoms with Crippen molar-refractivity contribution in [3.63, 3.8) is 0 Å². The Morgan fingerprint density at radius 1 is 1.47 bits per heavy atom. The second-order valence-corrected chi connectivity index (χ2v) is 5.94. The highest BCUT2D eigenvalue weighted by Crippen LogP contribution is 2.29. The third kappa shape index (κ3) is 2.84. The molecular weight excluding hydrogens is 228 g/mol. The molecule has 1 saturated heterocycles. The number of likely N-dealkylation sites (N-methyl/N-ethyl adjacent to an activating group) is 1. The minimum absolute atomic E-state index is 0.361. The molecule has 0 aromatic heterocycles. The molecule has 0 amide bonds. The van der Waals surface area contributed by atoms with Gasteiger partial charge in [0.25, 0.3) is 0 Å². The number of hydrogen-bond acceptors (Lipinski definition) is 3. The largest absolute Gasteiger partial charge is 0.329 e. The Morgan fingerprint density at radius 3 is 2.82 bits per heavy atom. The van der Waals surface area contributed by atoms with Gasteiger partial charge in [0.05, 0.1) is 0 Å². The van der Waals surface area contributed by atoms with Crippen LogP contribution in [0.4, 0.5) is 0 Å². The van der Waals surface area contributed by atoms with Crippen LogP contribution < -0.4 is 5.73 Å². The molecule has 2 atom stereocenters. The van der Waals surface area contributed by atoms with Gasteiger partial charge in [-0.2, -0.15) is 11.8 Å². The molecule has 94 valence electrons. The molecule has 2 unspecified atom stereocenters. The molecule has 2 rings (SSSR count). The quantitative estimate of drug-likeness (QED) is 0.890. The van der Waals surface area contributed by atoms with Crippen molar-refractivity contribution >= 4 is 11.8 Å². The molecule has 1 aliphatic rings. The van der Waals surface area contributed by atoms with Crippen molar-refractivity contribution in [2.24, 2.45) is 5.73 Å². The van der Waals surface area contributed by atoms with E-state index in [9.17, 15) is 0 Å². The molecule has 1 heterocycles. The SMILES string of the molecule is Cc1ccccc1C(CN)N(C)C1CCSC1. The second-order valence-electron chi connectivity index (χ2n) is 4.79. The molecule has 0 radical (unpaired) electrons. The maximum absolute atomic E-state index is 5.99. The Bertz CT molecular complexity index is 361. The molecule has 0 bridgehead atoms. The van der Waals surface area contributed by atoms with Gasteiger partial charge in [0.2, 0.25) is 0 Å². The predicted molar refractivity (Wildman–Crippen MR) is 76.5 cm³/mol. The van der Waals surface area contributed by atoms with Gasteiger partial charge in [0.15, 0.2) is 0 Å². The van der Waals surface area contributed by atoms with E-state index in [4.69, 9.17) is 5.73 Å². The van der Waals surface area contributed by atoms with E-state index in [2.05, 4.69) is 54.9 Å². The van der Waals surface area contributed by atoms with E-state index in [-0.39, 0.29) is 0 Å². The average Bonchev–Trinajstić information content (AvgIpc) is 2.86. The predicted octanol–water partition coefficient (Wildman–Crippen LogP) is 2.43. The highest BCUT2D eigenvalue weighted by atomic mass is 32.2. The van der Waals surface area contributed by atoms with E-state index < -0.39 is 0 Å². The van der Waals surface area contributed by atoms with Crippen LogP contribution in [0.25, 0.3) is 0 Å². The van der Waals surface area contributed by atoms with Crippen LogP contribution in [0.1, 0.15) is 23.6 Å². The summed E-state index contributed by atoms with van der Waals surface area (Å²) in [4.78, 5) is 2.47. The fourth-order valence-electron chi connectivity index (χ4n) is 2.57.